The Hall–Kier alpha value is -3.56. The molecule has 2 aromatic carbocycles. The second kappa shape index (κ2) is 8.44. The summed E-state index contributed by atoms with van der Waals surface area (Å²) in [6.45, 7) is 0. The fourth-order valence-corrected chi connectivity index (χ4v) is 4.38. The van der Waals surface area contributed by atoms with Crippen LogP contribution in [0.1, 0.15) is 10.4 Å². The van der Waals surface area contributed by atoms with Crippen LogP contribution in [0.15, 0.2) is 64.5 Å². The van der Waals surface area contributed by atoms with Gasteiger partial charge < -0.3 is 16.3 Å². The first-order valence-corrected chi connectivity index (χ1v) is 9.76. The van der Waals surface area contributed by atoms with Crippen LogP contribution in [0.4, 0.5) is 5.69 Å². The molecule has 11 heteroatoms. The summed E-state index contributed by atoms with van der Waals surface area (Å²) in [5.41, 5.74) is 11.1. The van der Waals surface area contributed by atoms with E-state index in [2.05, 4.69) is 10.4 Å². The lowest BCUT2D eigenvalue weighted by Gasteiger charge is -2.37. The maximum absolute atomic E-state index is 13.2. The van der Waals surface area contributed by atoms with Crippen molar-refractivity contribution in [3.8, 4) is 12.3 Å². The molecule has 0 saturated heterocycles. The van der Waals surface area contributed by atoms with Gasteiger partial charge in [0.25, 0.3) is 4.87 Å². The average Bonchev–Trinajstić information content (AvgIpc) is 2.76. The monoisotopic (exact) mass is 429 g/mol. The molecule has 2 unspecified atom stereocenters. The van der Waals surface area contributed by atoms with Crippen LogP contribution >= 0.6 is 0 Å². The molecule has 0 heterocycles. The first kappa shape index (κ1) is 22.7. The second-order valence-electron chi connectivity index (χ2n) is 6.11. The number of benzene rings is 2. The molecule has 0 saturated carbocycles. The highest BCUT2D eigenvalue weighted by molar-refractivity contribution is 7.93. The Labute approximate surface area is 172 Å². The number of hydrogen-bond acceptors (Lipinski definition) is 8. The van der Waals surface area contributed by atoms with Gasteiger partial charge in [-0.15, -0.1) is 6.42 Å². The number of terminal acetylenes is 1. The SMILES string of the molecule is C#CC(N)(C(=O)c1cccc(N=CNN)c1)C(N)(C(=O)O)S(=O)(=O)c1ccccc1. The number of nitrogens with two attached hydrogens (primary N) is 3. The molecule has 0 aromatic heterocycles. The zero-order valence-electron chi connectivity index (χ0n) is 15.5. The molecular weight excluding hydrogens is 410 g/mol. The van der Waals surface area contributed by atoms with Gasteiger partial charge in [-0.1, -0.05) is 36.3 Å². The Morgan fingerprint density at radius 2 is 1.77 bits per heavy atom. The van der Waals surface area contributed by atoms with Crippen molar-refractivity contribution in [1.82, 2.24) is 5.43 Å². The van der Waals surface area contributed by atoms with E-state index in [0.717, 1.165) is 18.5 Å². The standard InChI is InChI=1S/C19H19N5O5S/c1-2-18(20,16(25)13-7-6-8-14(11-13)23-12-24-22)19(21,17(26)27)30(28,29)15-9-4-3-5-10-15/h1,3-12H,20-22H2,(H,23,24)(H,26,27). The van der Waals surface area contributed by atoms with Crippen LogP contribution in [0, 0.1) is 12.3 Å². The number of ketones is 1. The molecule has 0 bridgehead atoms. The largest absolute Gasteiger partial charge is 0.479 e. The molecule has 0 fully saturated rings. The molecule has 2 aromatic rings. The van der Waals surface area contributed by atoms with Gasteiger partial charge in [0.05, 0.1) is 10.6 Å². The van der Waals surface area contributed by atoms with Crippen LogP contribution in [-0.4, -0.2) is 42.0 Å². The maximum atomic E-state index is 13.2. The van der Waals surface area contributed by atoms with Crippen molar-refractivity contribution in [3.63, 3.8) is 0 Å². The van der Waals surface area contributed by atoms with E-state index >= 15 is 0 Å². The number of sulfone groups is 1. The smallest absolute Gasteiger partial charge is 0.343 e. The summed E-state index contributed by atoms with van der Waals surface area (Å²) >= 11 is 0. The van der Waals surface area contributed by atoms with Crippen molar-refractivity contribution in [2.75, 3.05) is 0 Å². The molecule has 0 aliphatic rings. The fourth-order valence-electron chi connectivity index (χ4n) is 2.69. The molecule has 156 valence electrons. The number of hydrazine groups is 1. The molecule has 2 rings (SSSR count). The number of rotatable bonds is 8. The van der Waals surface area contributed by atoms with E-state index in [1.54, 1.807) is 0 Å². The predicted octanol–water partition coefficient (Wildman–Crippen LogP) is -0.463. The number of carboxylic acids is 1. The predicted molar refractivity (Wildman–Crippen MR) is 110 cm³/mol. The first-order chi connectivity index (χ1) is 14.1. The van der Waals surface area contributed by atoms with Crippen LogP contribution in [0.5, 0.6) is 0 Å². The summed E-state index contributed by atoms with van der Waals surface area (Å²) in [5, 5.41) is 9.79. The summed E-state index contributed by atoms with van der Waals surface area (Å²) < 4.78 is 26.3. The Kier molecular flexibility index (Phi) is 6.39. The van der Waals surface area contributed by atoms with Crippen LogP contribution in [0.2, 0.25) is 0 Å². The van der Waals surface area contributed by atoms with Gasteiger partial charge >= 0.3 is 5.97 Å². The van der Waals surface area contributed by atoms with Gasteiger partial charge in [0, 0.05) is 5.56 Å². The molecular formula is C19H19N5O5S. The maximum Gasteiger partial charge on any atom is 0.343 e. The van der Waals surface area contributed by atoms with Crippen molar-refractivity contribution in [3.05, 3.63) is 60.2 Å². The summed E-state index contributed by atoms with van der Waals surface area (Å²) in [7, 11) is -4.91. The highest BCUT2D eigenvalue weighted by atomic mass is 32.2. The number of nitrogens with zero attached hydrogens (tertiary/aromatic N) is 1. The van der Waals surface area contributed by atoms with Crippen LogP contribution in [0.3, 0.4) is 0 Å². The zero-order chi connectivity index (χ0) is 22.6. The molecule has 30 heavy (non-hydrogen) atoms. The number of hydrogen-bond donors (Lipinski definition) is 5. The Morgan fingerprint density at radius 1 is 1.13 bits per heavy atom. The molecule has 0 amide bonds. The van der Waals surface area contributed by atoms with E-state index in [1.807, 2.05) is 5.92 Å². The van der Waals surface area contributed by atoms with E-state index in [4.69, 9.17) is 23.7 Å². The molecule has 0 spiro atoms. The van der Waals surface area contributed by atoms with E-state index in [0.29, 0.717) is 0 Å². The lowest BCUT2D eigenvalue weighted by atomic mass is 9.83. The molecule has 0 aliphatic heterocycles. The highest BCUT2D eigenvalue weighted by Crippen LogP contribution is 2.33. The number of aliphatic imine (C=N–C) groups is 1. The molecule has 0 radical (unpaired) electrons. The van der Waals surface area contributed by atoms with Crippen molar-refractivity contribution >= 4 is 33.6 Å². The molecule has 0 aliphatic carbocycles. The van der Waals surface area contributed by atoms with Gasteiger partial charge in [-0.2, -0.15) is 0 Å². The summed E-state index contributed by atoms with van der Waals surface area (Å²) in [6, 6.07) is 11.9. The van der Waals surface area contributed by atoms with Crippen LogP contribution < -0.4 is 22.7 Å². The minimum Gasteiger partial charge on any atom is -0.479 e. The van der Waals surface area contributed by atoms with Gasteiger partial charge in [-0.25, -0.2) is 24.0 Å². The minimum absolute atomic E-state index is 0.193. The summed E-state index contributed by atoms with van der Waals surface area (Å²) in [6.07, 6.45) is 6.53. The third kappa shape index (κ3) is 3.56. The lowest BCUT2D eigenvalue weighted by Crippen LogP contribution is -2.76. The van der Waals surface area contributed by atoms with E-state index in [-0.39, 0.29) is 11.3 Å². The molecule has 10 nitrogen and oxygen atoms in total. The van der Waals surface area contributed by atoms with Gasteiger partial charge in [0.15, 0.2) is 11.3 Å². The van der Waals surface area contributed by atoms with Crippen molar-refractivity contribution in [2.24, 2.45) is 22.3 Å². The topological polar surface area (TPSA) is 191 Å². The van der Waals surface area contributed by atoms with E-state index < -0.39 is 36.9 Å². The van der Waals surface area contributed by atoms with E-state index in [1.165, 1.54) is 42.5 Å². The van der Waals surface area contributed by atoms with Gasteiger partial charge in [-0.05, 0) is 24.3 Å². The van der Waals surface area contributed by atoms with Gasteiger partial charge in [0.2, 0.25) is 9.84 Å². The number of carboxylic acid groups (broad SMARTS) is 1. The Balaban J connectivity index is 2.71. The van der Waals surface area contributed by atoms with Crippen LogP contribution in [-0.2, 0) is 14.6 Å². The Bertz CT molecular complexity index is 1140. The van der Waals surface area contributed by atoms with Crippen molar-refractivity contribution in [1.29, 1.82) is 0 Å². The fraction of sp³-hybridized carbons (Fsp3) is 0.105. The van der Waals surface area contributed by atoms with Crippen molar-refractivity contribution < 1.29 is 23.1 Å². The summed E-state index contributed by atoms with van der Waals surface area (Å²) in [4.78, 5) is 25.4. The number of nitrogens with one attached hydrogen (secondary N) is 1. The van der Waals surface area contributed by atoms with E-state index in [9.17, 15) is 23.1 Å². The normalized spacial score (nSPS) is 15.5. The first-order valence-electron chi connectivity index (χ1n) is 8.28. The van der Waals surface area contributed by atoms with Crippen LogP contribution in [0.25, 0.3) is 0 Å². The zero-order valence-corrected chi connectivity index (χ0v) is 16.3. The average molecular weight is 429 g/mol. The third-order valence-corrected chi connectivity index (χ3v) is 6.60. The lowest BCUT2D eigenvalue weighted by molar-refractivity contribution is -0.141. The number of aliphatic carboxylic acids is 1. The molecule has 8 N–H and O–H groups in total. The van der Waals surface area contributed by atoms with Crippen molar-refractivity contribution in [2.45, 2.75) is 15.3 Å². The number of carbonyl (C=O) groups is 2. The summed E-state index contributed by atoms with van der Waals surface area (Å²) in [5.74, 6) is 3.64. The third-order valence-electron chi connectivity index (χ3n) is 4.36. The number of Topliss-reactive ketones (excluding diaryl/α,β-unsaturated/α-hetero) is 1. The second-order valence-corrected chi connectivity index (χ2v) is 8.24. The Morgan fingerprint density at radius 3 is 2.30 bits per heavy atom. The quantitative estimate of drug-likeness (QED) is 0.0922. The van der Waals surface area contributed by atoms with Gasteiger partial charge in [0.1, 0.15) is 6.34 Å². The minimum atomic E-state index is -4.91. The number of carbonyl (C=O) groups excluding carboxylic acids is 1. The molecule has 2 atom stereocenters. The highest BCUT2D eigenvalue weighted by Gasteiger charge is 2.65. The van der Waals surface area contributed by atoms with Gasteiger partial charge in [-0.3, -0.25) is 10.5 Å².